The summed E-state index contributed by atoms with van der Waals surface area (Å²) in [5, 5.41) is 13.1. The molecule has 0 atom stereocenters. The van der Waals surface area contributed by atoms with Crippen LogP contribution < -0.4 is 4.74 Å². The van der Waals surface area contributed by atoms with Crippen molar-refractivity contribution in [2.24, 2.45) is 0 Å². The fraction of sp³-hybridized carbons (Fsp3) is 0.438. The molecule has 2 rings (SSSR count). The number of carboxylic acids is 1. The maximum Gasteiger partial charge on any atom is 0.337 e. The highest BCUT2D eigenvalue weighted by atomic mass is 16.5. The van der Waals surface area contributed by atoms with Crippen molar-refractivity contribution in [2.75, 3.05) is 0 Å². The zero-order valence-corrected chi connectivity index (χ0v) is 13.0. The molecule has 2 aromatic rings. The molecule has 0 saturated carbocycles. The fourth-order valence-electron chi connectivity index (χ4n) is 2.15. The summed E-state index contributed by atoms with van der Waals surface area (Å²) in [4.78, 5) is 15.1. The van der Waals surface area contributed by atoms with Gasteiger partial charge in [-0.3, -0.25) is 0 Å². The van der Waals surface area contributed by atoms with Gasteiger partial charge in [-0.2, -0.15) is 0 Å². The van der Waals surface area contributed by atoms with Crippen molar-refractivity contribution in [3.8, 4) is 5.88 Å². The molecular weight excluding hydrogens is 284 g/mol. The zero-order chi connectivity index (χ0) is 16.1. The van der Waals surface area contributed by atoms with Gasteiger partial charge in [0.15, 0.2) is 0 Å². The van der Waals surface area contributed by atoms with E-state index in [-0.39, 0.29) is 5.56 Å². The van der Waals surface area contributed by atoms with Crippen LogP contribution in [0.25, 0.3) is 0 Å². The first kappa shape index (κ1) is 16.0. The molecule has 2 aromatic heterocycles. The molecule has 1 N–H and O–H groups in total. The number of hydrogen-bond donors (Lipinski definition) is 1. The first-order chi connectivity index (χ1) is 10.5. The largest absolute Gasteiger partial charge is 0.478 e. The number of ether oxygens (including phenoxy) is 1. The summed E-state index contributed by atoms with van der Waals surface area (Å²) < 4.78 is 10.9. The molecule has 0 bridgehead atoms. The molecule has 0 fully saturated rings. The summed E-state index contributed by atoms with van der Waals surface area (Å²) in [5.74, 6) is 0.141. The van der Waals surface area contributed by atoms with Gasteiger partial charge in [0.25, 0.3) is 0 Å². The van der Waals surface area contributed by atoms with Crippen LogP contribution in [0.4, 0.5) is 0 Å². The topological polar surface area (TPSA) is 85.5 Å². The lowest BCUT2D eigenvalue weighted by molar-refractivity contribution is 0.0695. The van der Waals surface area contributed by atoms with E-state index in [0.717, 1.165) is 36.3 Å². The summed E-state index contributed by atoms with van der Waals surface area (Å²) >= 11 is 0. The van der Waals surface area contributed by atoms with Crippen molar-refractivity contribution < 1.29 is 19.2 Å². The van der Waals surface area contributed by atoms with E-state index in [1.165, 1.54) is 6.07 Å². The van der Waals surface area contributed by atoms with Crippen molar-refractivity contribution in [1.82, 2.24) is 10.1 Å². The molecule has 6 nitrogen and oxygen atoms in total. The third kappa shape index (κ3) is 3.63. The number of hydrogen-bond acceptors (Lipinski definition) is 5. The molecule has 0 spiro atoms. The molecule has 0 aliphatic carbocycles. The standard InChI is InChI=1S/C16H20N2O4/c1-4-5-6-14-13(11(3)22-18-14)9-21-15-8-7-12(16(19)20)10(2)17-15/h7-8H,4-6,9H2,1-3H3,(H,19,20). The van der Waals surface area contributed by atoms with Gasteiger partial charge in [-0.1, -0.05) is 18.5 Å². The molecule has 0 unspecified atom stereocenters. The van der Waals surface area contributed by atoms with Crippen LogP contribution in [0.2, 0.25) is 0 Å². The Morgan fingerprint density at radius 3 is 2.77 bits per heavy atom. The highest BCUT2D eigenvalue weighted by Crippen LogP contribution is 2.19. The van der Waals surface area contributed by atoms with E-state index >= 15 is 0 Å². The first-order valence-corrected chi connectivity index (χ1v) is 7.30. The van der Waals surface area contributed by atoms with E-state index in [1.54, 1.807) is 13.0 Å². The quantitative estimate of drug-likeness (QED) is 0.844. The van der Waals surface area contributed by atoms with Gasteiger partial charge in [-0.25, -0.2) is 9.78 Å². The van der Waals surface area contributed by atoms with Crippen LogP contribution in [0.15, 0.2) is 16.7 Å². The summed E-state index contributed by atoms with van der Waals surface area (Å²) in [7, 11) is 0. The summed E-state index contributed by atoms with van der Waals surface area (Å²) in [6.45, 7) is 5.94. The molecule has 0 saturated heterocycles. The van der Waals surface area contributed by atoms with Crippen LogP contribution in [-0.4, -0.2) is 21.2 Å². The van der Waals surface area contributed by atoms with E-state index < -0.39 is 5.97 Å². The Balaban J connectivity index is 2.08. The Hall–Kier alpha value is -2.37. The van der Waals surface area contributed by atoms with Crippen LogP contribution >= 0.6 is 0 Å². The third-order valence-corrected chi connectivity index (χ3v) is 3.49. The minimum atomic E-state index is -0.992. The van der Waals surface area contributed by atoms with Crippen molar-refractivity contribution in [2.45, 2.75) is 46.6 Å². The number of aromatic nitrogens is 2. The number of pyridine rings is 1. The van der Waals surface area contributed by atoms with E-state index in [9.17, 15) is 4.79 Å². The molecule has 22 heavy (non-hydrogen) atoms. The number of rotatable bonds is 7. The average molecular weight is 304 g/mol. The Kier molecular flexibility index (Phi) is 5.14. The second-order valence-corrected chi connectivity index (χ2v) is 5.14. The molecule has 0 radical (unpaired) electrons. The normalized spacial score (nSPS) is 10.7. The second-order valence-electron chi connectivity index (χ2n) is 5.14. The van der Waals surface area contributed by atoms with Crippen molar-refractivity contribution in [3.05, 3.63) is 40.4 Å². The second kappa shape index (κ2) is 7.06. The van der Waals surface area contributed by atoms with Gasteiger partial charge in [-0.05, 0) is 32.8 Å². The predicted molar refractivity (Wildman–Crippen MR) is 80.1 cm³/mol. The molecule has 0 aromatic carbocycles. The van der Waals surface area contributed by atoms with Gasteiger partial charge in [0.05, 0.1) is 22.5 Å². The van der Waals surface area contributed by atoms with E-state index in [0.29, 0.717) is 18.2 Å². The summed E-state index contributed by atoms with van der Waals surface area (Å²) in [5.41, 5.74) is 2.46. The highest BCUT2D eigenvalue weighted by Gasteiger charge is 2.14. The smallest absolute Gasteiger partial charge is 0.337 e. The minimum absolute atomic E-state index is 0.178. The number of carboxylic acid groups (broad SMARTS) is 1. The van der Waals surface area contributed by atoms with Gasteiger partial charge < -0.3 is 14.4 Å². The number of nitrogens with zero attached hydrogens (tertiary/aromatic N) is 2. The van der Waals surface area contributed by atoms with Crippen molar-refractivity contribution >= 4 is 5.97 Å². The van der Waals surface area contributed by atoms with Gasteiger partial charge in [0.1, 0.15) is 12.4 Å². The van der Waals surface area contributed by atoms with Gasteiger partial charge in [-0.15, -0.1) is 0 Å². The van der Waals surface area contributed by atoms with Crippen LogP contribution in [-0.2, 0) is 13.0 Å². The SMILES string of the molecule is CCCCc1noc(C)c1COc1ccc(C(=O)O)c(C)n1. The number of unbranched alkanes of at least 4 members (excludes halogenated alkanes) is 1. The number of aromatic carboxylic acids is 1. The van der Waals surface area contributed by atoms with Gasteiger partial charge in [0.2, 0.25) is 5.88 Å². The highest BCUT2D eigenvalue weighted by molar-refractivity contribution is 5.88. The lowest BCUT2D eigenvalue weighted by Crippen LogP contribution is -2.05. The molecule has 2 heterocycles. The molecule has 0 aliphatic rings. The maximum absolute atomic E-state index is 11.0. The number of aryl methyl sites for hydroxylation is 3. The molecule has 0 aliphatic heterocycles. The van der Waals surface area contributed by atoms with Crippen molar-refractivity contribution in [3.63, 3.8) is 0 Å². The van der Waals surface area contributed by atoms with Crippen LogP contribution in [0, 0.1) is 13.8 Å². The Morgan fingerprint density at radius 1 is 1.36 bits per heavy atom. The Labute approximate surface area is 129 Å². The number of carbonyl (C=O) groups is 1. The monoisotopic (exact) mass is 304 g/mol. The molecule has 6 heteroatoms. The average Bonchev–Trinajstić information content (AvgIpc) is 2.83. The molecule has 0 amide bonds. The molecular formula is C16H20N2O4. The van der Waals surface area contributed by atoms with Crippen molar-refractivity contribution in [1.29, 1.82) is 0 Å². The van der Waals surface area contributed by atoms with E-state index in [1.807, 2.05) is 6.92 Å². The zero-order valence-electron chi connectivity index (χ0n) is 13.0. The summed E-state index contributed by atoms with van der Waals surface area (Å²) in [6.07, 6.45) is 2.99. The van der Waals surface area contributed by atoms with E-state index in [4.69, 9.17) is 14.4 Å². The summed E-state index contributed by atoms with van der Waals surface area (Å²) in [6, 6.07) is 3.06. The lowest BCUT2D eigenvalue weighted by Gasteiger charge is -2.07. The van der Waals surface area contributed by atoms with Crippen LogP contribution in [0.3, 0.4) is 0 Å². The van der Waals surface area contributed by atoms with Gasteiger partial charge in [0, 0.05) is 6.07 Å². The Bertz CT molecular complexity index is 664. The fourth-order valence-corrected chi connectivity index (χ4v) is 2.15. The maximum atomic E-state index is 11.0. The first-order valence-electron chi connectivity index (χ1n) is 7.30. The van der Waals surface area contributed by atoms with E-state index in [2.05, 4.69) is 17.1 Å². The predicted octanol–water partition coefficient (Wildman–Crippen LogP) is 3.31. The van der Waals surface area contributed by atoms with Crippen LogP contribution in [0.1, 0.15) is 52.8 Å². The molecule has 118 valence electrons. The lowest BCUT2D eigenvalue weighted by atomic mass is 10.1. The third-order valence-electron chi connectivity index (χ3n) is 3.49. The minimum Gasteiger partial charge on any atom is -0.478 e. The Morgan fingerprint density at radius 2 is 2.14 bits per heavy atom. The van der Waals surface area contributed by atoms with Crippen LogP contribution in [0.5, 0.6) is 5.88 Å². The van der Waals surface area contributed by atoms with Gasteiger partial charge >= 0.3 is 5.97 Å².